The Hall–Kier alpha value is -3.03. The first-order valence-electron chi connectivity index (χ1n) is 9.87. The van der Waals surface area contributed by atoms with Gasteiger partial charge in [0.05, 0.1) is 31.0 Å². The molecule has 0 saturated carbocycles. The highest BCUT2D eigenvalue weighted by atomic mass is 16.5. The molecule has 1 aliphatic heterocycles. The van der Waals surface area contributed by atoms with Gasteiger partial charge >= 0.3 is 0 Å². The minimum absolute atomic E-state index is 0.125. The van der Waals surface area contributed by atoms with Crippen LogP contribution >= 0.6 is 0 Å². The van der Waals surface area contributed by atoms with Crippen molar-refractivity contribution < 1.29 is 19.1 Å². The second kappa shape index (κ2) is 10.1. The Kier molecular flexibility index (Phi) is 7.32. The lowest BCUT2D eigenvalue weighted by Crippen LogP contribution is -2.37. The van der Waals surface area contributed by atoms with Crippen LogP contribution in [0, 0.1) is 6.92 Å². The van der Waals surface area contributed by atoms with Gasteiger partial charge in [-0.15, -0.1) is 0 Å². The van der Waals surface area contributed by atoms with Gasteiger partial charge in [-0.2, -0.15) is 0 Å². The van der Waals surface area contributed by atoms with Crippen LogP contribution in [0.25, 0.3) is 5.57 Å². The predicted molar refractivity (Wildman–Crippen MR) is 113 cm³/mol. The molecule has 0 spiro atoms. The summed E-state index contributed by atoms with van der Waals surface area (Å²) in [6, 6.07) is 13.1. The number of carbonyl (C=O) groups excluding carboxylic acids is 2. The van der Waals surface area contributed by atoms with Crippen molar-refractivity contribution in [3.8, 4) is 0 Å². The predicted octanol–water partition coefficient (Wildman–Crippen LogP) is 2.26. The van der Waals surface area contributed by atoms with Crippen LogP contribution in [-0.4, -0.2) is 67.1 Å². The summed E-state index contributed by atoms with van der Waals surface area (Å²) in [5.41, 5.74) is 3.25. The molecule has 1 aliphatic rings. The van der Waals surface area contributed by atoms with Gasteiger partial charge in [0.2, 0.25) is 0 Å². The first-order valence-corrected chi connectivity index (χ1v) is 9.87. The first-order chi connectivity index (χ1) is 14.6. The maximum Gasteiger partial charge on any atom is 0.278 e. The molecule has 2 heterocycles. The molecule has 2 aromatic rings. The lowest BCUT2D eigenvalue weighted by molar-refractivity contribution is -0.138. The maximum absolute atomic E-state index is 13.4. The SMILES string of the molecule is COCCN(CCOC)C1=C(c2ccc(C)cc2)C(=O)N(Cc2ccccn2)C1=O. The van der Waals surface area contributed by atoms with Gasteiger partial charge in [0, 0.05) is 33.5 Å². The molecule has 1 aromatic carbocycles. The van der Waals surface area contributed by atoms with E-state index in [-0.39, 0.29) is 18.4 Å². The molecule has 0 atom stereocenters. The van der Waals surface area contributed by atoms with Crippen molar-refractivity contribution in [3.05, 3.63) is 71.2 Å². The van der Waals surface area contributed by atoms with E-state index >= 15 is 0 Å². The van der Waals surface area contributed by atoms with Gasteiger partial charge in [0.15, 0.2) is 0 Å². The second-order valence-electron chi connectivity index (χ2n) is 7.08. The summed E-state index contributed by atoms with van der Waals surface area (Å²) in [5, 5.41) is 0. The van der Waals surface area contributed by atoms with Crippen LogP contribution in [0.15, 0.2) is 54.4 Å². The lowest BCUT2D eigenvalue weighted by atomic mass is 10.0. The molecule has 0 fully saturated rings. The molecule has 7 nitrogen and oxygen atoms in total. The summed E-state index contributed by atoms with van der Waals surface area (Å²) >= 11 is 0. The number of hydrogen-bond acceptors (Lipinski definition) is 6. The number of pyridine rings is 1. The zero-order valence-electron chi connectivity index (χ0n) is 17.6. The lowest BCUT2D eigenvalue weighted by Gasteiger charge is -2.25. The molecular formula is C23H27N3O4. The minimum atomic E-state index is -0.326. The van der Waals surface area contributed by atoms with Crippen LogP contribution in [-0.2, 0) is 25.6 Å². The van der Waals surface area contributed by atoms with E-state index in [1.165, 1.54) is 4.90 Å². The van der Waals surface area contributed by atoms with Crippen molar-refractivity contribution in [3.63, 3.8) is 0 Å². The van der Waals surface area contributed by atoms with Crippen LogP contribution in [0.5, 0.6) is 0 Å². The van der Waals surface area contributed by atoms with Gasteiger partial charge in [-0.3, -0.25) is 19.5 Å². The fourth-order valence-corrected chi connectivity index (χ4v) is 3.37. The van der Waals surface area contributed by atoms with Crippen molar-refractivity contribution >= 4 is 17.4 Å². The monoisotopic (exact) mass is 409 g/mol. The number of amides is 2. The smallest absolute Gasteiger partial charge is 0.278 e. The Labute approximate surface area is 176 Å². The molecule has 0 bridgehead atoms. The summed E-state index contributed by atoms with van der Waals surface area (Å²) in [7, 11) is 3.22. The zero-order chi connectivity index (χ0) is 21.5. The van der Waals surface area contributed by atoms with Gasteiger partial charge in [-0.1, -0.05) is 35.9 Å². The van der Waals surface area contributed by atoms with Crippen LogP contribution < -0.4 is 0 Å². The molecule has 2 amide bonds. The highest BCUT2D eigenvalue weighted by Gasteiger charge is 2.41. The number of hydrogen-bond donors (Lipinski definition) is 0. The summed E-state index contributed by atoms with van der Waals surface area (Å²) in [6.07, 6.45) is 1.65. The van der Waals surface area contributed by atoms with Crippen LogP contribution in [0.3, 0.4) is 0 Å². The van der Waals surface area contributed by atoms with Crippen molar-refractivity contribution in [1.29, 1.82) is 0 Å². The standard InChI is InChI=1S/C23H27N3O4/c1-17-7-9-18(10-8-17)20-21(25(12-14-29-2)13-15-30-3)23(28)26(22(20)27)16-19-6-4-5-11-24-19/h4-11H,12-16H2,1-3H3. The Morgan fingerprint density at radius 1 is 0.933 bits per heavy atom. The van der Waals surface area contributed by atoms with Crippen molar-refractivity contribution in [1.82, 2.24) is 14.8 Å². The Morgan fingerprint density at radius 2 is 1.60 bits per heavy atom. The molecular weight excluding hydrogens is 382 g/mol. The van der Waals surface area contributed by atoms with Crippen molar-refractivity contribution in [2.75, 3.05) is 40.5 Å². The topological polar surface area (TPSA) is 72.0 Å². The molecule has 3 rings (SSSR count). The van der Waals surface area contributed by atoms with Gasteiger partial charge in [-0.25, -0.2) is 0 Å². The molecule has 0 unspecified atom stereocenters. The van der Waals surface area contributed by atoms with Crippen LogP contribution in [0.2, 0.25) is 0 Å². The average molecular weight is 409 g/mol. The average Bonchev–Trinajstić information content (AvgIpc) is 3.00. The van der Waals surface area contributed by atoms with Crippen molar-refractivity contribution in [2.24, 2.45) is 0 Å². The zero-order valence-corrected chi connectivity index (χ0v) is 17.6. The fourth-order valence-electron chi connectivity index (χ4n) is 3.37. The summed E-state index contributed by atoms with van der Waals surface area (Å²) < 4.78 is 10.5. The number of benzene rings is 1. The number of rotatable bonds is 10. The van der Waals surface area contributed by atoms with E-state index in [1.807, 2.05) is 42.2 Å². The number of ether oxygens (including phenoxy) is 2. The van der Waals surface area contributed by atoms with Crippen molar-refractivity contribution in [2.45, 2.75) is 13.5 Å². The van der Waals surface area contributed by atoms with E-state index in [2.05, 4.69) is 4.98 Å². The number of aromatic nitrogens is 1. The van der Waals surface area contributed by atoms with Gasteiger partial charge in [0.1, 0.15) is 5.70 Å². The quantitative estimate of drug-likeness (QED) is 0.561. The highest BCUT2D eigenvalue weighted by Crippen LogP contribution is 2.32. The van der Waals surface area contributed by atoms with Gasteiger partial charge < -0.3 is 14.4 Å². The Bertz CT molecular complexity index is 902. The minimum Gasteiger partial charge on any atom is -0.383 e. The number of aryl methyl sites for hydroxylation is 1. The summed E-state index contributed by atoms with van der Waals surface area (Å²) in [5.74, 6) is -0.641. The number of methoxy groups -OCH3 is 2. The molecule has 0 aliphatic carbocycles. The van der Waals surface area contributed by atoms with Gasteiger partial charge in [0.25, 0.3) is 11.8 Å². The van der Waals surface area contributed by atoms with E-state index in [4.69, 9.17) is 9.47 Å². The van der Waals surface area contributed by atoms with E-state index in [0.29, 0.717) is 43.3 Å². The molecule has 0 radical (unpaired) electrons. The number of imide groups is 1. The third-order valence-corrected chi connectivity index (χ3v) is 4.98. The van der Waals surface area contributed by atoms with E-state index < -0.39 is 0 Å². The fraction of sp³-hybridized carbons (Fsp3) is 0.348. The summed E-state index contributed by atoms with van der Waals surface area (Å²) in [6.45, 7) is 3.91. The molecule has 7 heteroatoms. The summed E-state index contributed by atoms with van der Waals surface area (Å²) in [4.78, 5) is 34.2. The van der Waals surface area contributed by atoms with Gasteiger partial charge in [-0.05, 0) is 24.6 Å². The number of carbonyl (C=O) groups is 2. The Morgan fingerprint density at radius 3 is 2.17 bits per heavy atom. The maximum atomic E-state index is 13.4. The van der Waals surface area contributed by atoms with Crippen LogP contribution in [0.1, 0.15) is 16.8 Å². The highest BCUT2D eigenvalue weighted by molar-refractivity contribution is 6.35. The molecule has 1 aromatic heterocycles. The number of nitrogens with zero attached hydrogens (tertiary/aromatic N) is 3. The Balaban J connectivity index is 2.03. The second-order valence-corrected chi connectivity index (χ2v) is 7.08. The largest absolute Gasteiger partial charge is 0.383 e. The third kappa shape index (κ3) is 4.75. The molecule has 0 N–H and O–H groups in total. The third-order valence-electron chi connectivity index (χ3n) is 4.98. The van der Waals surface area contributed by atoms with E-state index in [0.717, 1.165) is 11.1 Å². The normalized spacial score (nSPS) is 14.0. The first kappa shape index (κ1) is 21.7. The van der Waals surface area contributed by atoms with E-state index in [9.17, 15) is 9.59 Å². The molecule has 30 heavy (non-hydrogen) atoms. The van der Waals surface area contributed by atoms with Crippen LogP contribution in [0.4, 0.5) is 0 Å². The molecule has 158 valence electrons. The van der Waals surface area contributed by atoms with E-state index in [1.54, 1.807) is 32.5 Å². The molecule has 0 saturated heterocycles.